The third-order valence-corrected chi connectivity index (χ3v) is 4.31. The zero-order valence-electron chi connectivity index (χ0n) is 10.3. The van der Waals surface area contributed by atoms with E-state index in [1.165, 1.54) is 0 Å². The summed E-state index contributed by atoms with van der Waals surface area (Å²) < 4.78 is 0. The van der Waals surface area contributed by atoms with Gasteiger partial charge in [0.05, 0.1) is 17.3 Å². The molecule has 94 valence electrons. The molecule has 1 rings (SSSR count). The largest absolute Gasteiger partial charge is 0.377 e. The van der Waals surface area contributed by atoms with Crippen molar-refractivity contribution in [3.63, 3.8) is 0 Å². The molecular weight excluding hydrogens is 254 g/mol. The van der Waals surface area contributed by atoms with Crippen molar-refractivity contribution in [3.05, 3.63) is 18.3 Å². The van der Waals surface area contributed by atoms with Gasteiger partial charge in [-0.3, -0.25) is 9.78 Å². The molecule has 0 saturated carbocycles. The summed E-state index contributed by atoms with van der Waals surface area (Å²) >= 11 is 0. The second-order valence-corrected chi connectivity index (χ2v) is 6.56. The van der Waals surface area contributed by atoms with Crippen LogP contribution in [-0.4, -0.2) is 28.7 Å². The molecule has 0 bridgehead atoms. The molecule has 0 fully saturated rings. The van der Waals surface area contributed by atoms with Gasteiger partial charge in [-0.25, -0.2) is 0 Å². The summed E-state index contributed by atoms with van der Waals surface area (Å²) in [5.74, 6) is 0.837. The number of carbonyl (C=O) groups excluding carboxylic acids is 1. The van der Waals surface area contributed by atoms with Crippen LogP contribution in [0.4, 0.5) is 5.69 Å². The summed E-state index contributed by atoms with van der Waals surface area (Å²) in [6.45, 7) is 3.76. The molecule has 2 atom stereocenters. The normalized spacial score (nSPS) is 12.1. The van der Waals surface area contributed by atoms with E-state index < -0.39 is 0 Å². The molecule has 2 unspecified atom stereocenters. The van der Waals surface area contributed by atoms with Crippen LogP contribution in [0.5, 0.6) is 0 Å². The monoisotopic (exact) mass is 272 g/mol. The lowest BCUT2D eigenvalue weighted by atomic mass is 10.2. The maximum Gasteiger partial charge on any atom is 0.229 e. The van der Waals surface area contributed by atoms with Gasteiger partial charge in [-0.15, -0.1) is 0 Å². The Bertz CT molecular complexity index is 368. The quantitative estimate of drug-likeness (QED) is 0.827. The fourth-order valence-electron chi connectivity index (χ4n) is 1.33. The zero-order chi connectivity index (χ0) is 12.8. The minimum atomic E-state index is -0.0237. The SMILES string of the molecule is CC(C)C(=O)N(C)c1ccc(PCPO)nc1. The van der Waals surface area contributed by atoms with Gasteiger partial charge in [-0.1, -0.05) is 22.4 Å². The van der Waals surface area contributed by atoms with E-state index in [9.17, 15) is 4.79 Å². The van der Waals surface area contributed by atoms with Crippen LogP contribution in [0.2, 0.25) is 0 Å². The number of nitrogens with zero attached hydrogens (tertiary/aromatic N) is 2. The van der Waals surface area contributed by atoms with Gasteiger partial charge in [-0.05, 0) is 12.1 Å². The first-order chi connectivity index (χ1) is 8.06. The Balaban J connectivity index is 2.70. The Labute approximate surface area is 105 Å². The molecule has 6 heteroatoms. The van der Waals surface area contributed by atoms with Gasteiger partial charge in [0.2, 0.25) is 5.91 Å². The summed E-state index contributed by atoms with van der Waals surface area (Å²) in [7, 11) is 2.27. The summed E-state index contributed by atoms with van der Waals surface area (Å²) in [6.07, 6.45) is 1.71. The van der Waals surface area contributed by atoms with E-state index in [4.69, 9.17) is 4.89 Å². The van der Waals surface area contributed by atoms with Crippen molar-refractivity contribution in [2.45, 2.75) is 13.8 Å². The van der Waals surface area contributed by atoms with Crippen molar-refractivity contribution in [1.82, 2.24) is 4.98 Å². The molecular formula is C11H18N2O2P2. The molecule has 1 N–H and O–H groups in total. The molecule has 1 aromatic rings. The average Bonchev–Trinajstić information content (AvgIpc) is 2.35. The second kappa shape index (κ2) is 7.00. The topological polar surface area (TPSA) is 53.4 Å². The van der Waals surface area contributed by atoms with Gasteiger partial charge >= 0.3 is 0 Å². The number of rotatable bonds is 5. The highest BCUT2D eigenvalue weighted by Gasteiger charge is 2.14. The number of aromatic nitrogens is 1. The maximum absolute atomic E-state index is 11.8. The van der Waals surface area contributed by atoms with Gasteiger partial charge in [0.25, 0.3) is 0 Å². The molecule has 0 aliphatic heterocycles. The van der Waals surface area contributed by atoms with E-state index in [1.807, 2.05) is 26.0 Å². The molecule has 0 radical (unpaired) electrons. The lowest BCUT2D eigenvalue weighted by Crippen LogP contribution is -2.30. The van der Waals surface area contributed by atoms with E-state index >= 15 is 0 Å². The number of carbonyl (C=O) groups is 1. The lowest BCUT2D eigenvalue weighted by Gasteiger charge is -2.19. The minimum Gasteiger partial charge on any atom is -0.377 e. The highest BCUT2D eigenvalue weighted by Crippen LogP contribution is 2.20. The minimum absolute atomic E-state index is 0.0165. The first-order valence-corrected chi connectivity index (χ1v) is 7.77. The predicted molar refractivity (Wildman–Crippen MR) is 75.8 cm³/mol. The predicted octanol–water partition coefficient (Wildman–Crippen LogP) is 1.55. The maximum atomic E-state index is 11.8. The smallest absolute Gasteiger partial charge is 0.229 e. The third-order valence-electron chi connectivity index (χ3n) is 2.31. The molecule has 1 aromatic heterocycles. The number of hydrogen-bond acceptors (Lipinski definition) is 3. The Kier molecular flexibility index (Phi) is 5.97. The van der Waals surface area contributed by atoms with Crippen LogP contribution in [0.3, 0.4) is 0 Å². The van der Waals surface area contributed by atoms with E-state index in [2.05, 4.69) is 4.98 Å². The fraction of sp³-hybridized carbons (Fsp3) is 0.455. The van der Waals surface area contributed by atoms with E-state index in [-0.39, 0.29) is 20.6 Å². The summed E-state index contributed by atoms with van der Waals surface area (Å²) in [6, 6.07) is 3.81. The summed E-state index contributed by atoms with van der Waals surface area (Å²) in [5, 5.41) is 0. The van der Waals surface area contributed by atoms with Crippen LogP contribution < -0.4 is 10.3 Å². The van der Waals surface area contributed by atoms with Crippen LogP contribution in [0.25, 0.3) is 0 Å². The van der Waals surface area contributed by atoms with Crippen molar-refractivity contribution in [2.24, 2.45) is 5.92 Å². The summed E-state index contributed by atoms with van der Waals surface area (Å²) in [4.78, 5) is 26.4. The third kappa shape index (κ3) is 4.31. The van der Waals surface area contributed by atoms with Crippen LogP contribution in [0, 0.1) is 5.92 Å². The highest BCUT2D eigenvalue weighted by atomic mass is 31.1. The van der Waals surface area contributed by atoms with Crippen LogP contribution in [0.1, 0.15) is 13.8 Å². The van der Waals surface area contributed by atoms with Crippen molar-refractivity contribution in [3.8, 4) is 0 Å². The second-order valence-electron chi connectivity index (χ2n) is 3.97. The highest BCUT2D eigenvalue weighted by molar-refractivity contribution is 7.58. The molecule has 4 nitrogen and oxygen atoms in total. The Morgan fingerprint density at radius 2 is 2.24 bits per heavy atom. The van der Waals surface area contributed by atoms with Crippen molar-refractivity contribution in [1.29, 1.82) is 0 Å². The lowest BCUT2D eigenvalue weighted by molar-refractivity contribution is -0.121. The number of anilines is 1. The van der Waals surface area contributed by atoms with Crippen LogP contribution in [-0.2, 0) is 4.79 Å². The van der Waals surface area contributed by atoms with E-state index in [0.29, 0.717) is 8.58 Å². The molecule has 0 aliphatic rings. The number of hydrogen-bond donors (Lipinski definition) is 1. The summed E-state index contributed by atoms with van der Waals surface area (Å²) in [5.41, 5.74) is 1.78. The molecule has 0 saturated heterocycles. The van der Waals surface area contributed by atoms with E-state index in [0.717, 1.165) is 17.0 Å². The van der Waals surface area contributed by atoms with Gasteiger partial charge in [-0.2, -0.15) is 0 Å². The first kappa shape index (κ1) is 14.5. The molecule has 17 heavy (non-hydrogen) atoms. The van der Waals surface area contributed by atoms with Gasteiger partial charge < -0.3 is 9.79 Å². The van der Waals surface area contributed by atoms with Crippen LogP contribution in [0.15, 0.2) is 18.3 Å². The molecule has 0 aliphatic carbocycles. The van der Waals surface area contributed by atoms with Crippen molar-refractivity contribution < 1.29 is 9.69 Å². The van der Waals surface area contributed by atoms with Crippen molar-refractivity contribution >= 4 is 34.4 Å². The average molecular weight is 272 g/mol. The zero-order valence-corrected chi connectivity index (χ0v) is 12.3. The molecule has 0 spiro atoms. The number of amides is 1. The number of pyridine rings is 1. The standard InChI is InChI=1S/C11H18N2O2P2/c1-8(2)11(14)13(3)9-4-5-10(12-6-9)16-7-17-15/h4-6,8,15-17H,7H2,1-3H3. The van der Waals surface area contributed by atoms with Gasteiger partial charge in [0.15, 0.2) is 0 Å². The Morgan fingerprint density at radius 1 is 1.53 bits per heavy atom. The Hall–Kier alpha value is -0.560. The van der Waals surface area contributed by atoms with Gasteiger partial charge in [0.1, 0.15) is 0 Å². The van der Waals surface area contributed by atoms with Crippen molar-refractivity contribution in [2.75, 3.05) is 17.9 Å². The van der Waals surface area contributed by atoms with Gasteiger partial charge in [0, 0.05) is 27.7 Å². The fourth-order valence-corrected chi connectivity index (χ4v) is 2.73. The molecule has 0 aromatic carbocycles. The molecule has 1 heterocycles. The Morgan fingerprint density at radius 3 is 2.71 bits per heavy atom. The first-order valence-electron chi connectivity index (χ1n) is 5.40. The van der Waals surface area contributed by atoms with Crippen LogP contribution >= 0.6 is 17.4 Å². The van der Waals surface area contributed by atoms with E-state index in [1.54, 1.807) is 18.1 Å². The molecule has 1 amide bonds.